The number of aromatic nitrogens is 1. The number of oxazole rings is 1. The molecule has 0 aliphatic carbocycles. The summed E-state index contributed by atoms with van der Waals surface area (Å²) >= 11 is 1.12. The first-order valence-electron chi connectivity index (χ1n) is 8.46. The molecule has 1 aliphatic heterocycles. The highest BCUT2D eigenvalue weighted by Gasteiger charge is 2.14. The highest BCUT2D eigenvalue weighted by Crippen LogP contribution is 2.32. The topological polar surface area (TPSA) is 99.9 Å². The van der Waals surface area contributed by atoms with Crippen LogP contribution in [0.1, 0.15) is 5.56 Å². The zero-order valence-electron chi connectivity index (χ0n) is 14.7. The Morgan fingerprint density at radius 3 is 2.89 bits per heavy atom. The van der Waals surface area contributed by atoms with Gasteiger partial charge < -0.3 is 23.9 Å². The maximum Gasteiger partial charge on any atom is 0.316 e. The Balaban J connectivity index is 1.18. The van der Waals surface area contributed by atoms with Crippen LogP contribution in [0.2, 0.25) is 0 Å². The number of nitrogens with zero attached hydrogens (tertiary/aromatic N) is 1. The molecule has 1 N–H and O–H groups in total. The zero-order valence-corrected chi connectivity index (χ0v) is 15.5. The van der Waals surface area contributed by atoms with Gasteiger partial charge in [-0.3, -0.25) is 9.59 Å². The van der Waals surface area contributed by atoms with Gasteiger partial charge in [0.1, 0.15) is 11.3 Å². The molecule has 0 radical (unpaired) electrons. The van der Waals surface area contributed by atoms with Gasteiger partial charge in [0.05, 0.1) is 0 Å². The zero-order chi connectivity index (χ0) is 19.3. The minimum absolute atomic E-state index is 0.00224. The third kappa shape index (κ3) is 4.37. The molecule has 9 heteroatoms. The molecule has 2 heterocycles. The second-order valence-electron chi connectivity index (χ2n) is 5.86. The molecule has 144 valence electrons. The van der Waals surface area contributed by atoms with Crippen LogP contribution in [0.4, 0.5) is 0 Å². The first-order valence-corrected chi connectivity index (χ1v) is 9.45. The summed E-state index contributed by atoms with van der Waals surface area (Å²) in [7, 11) is 0. The molecule has 1 amide bonds. The maximum absolute atomic E-state index is 11.9. The van der Waals surface area contributed by atoms with Crippen LogP contribution in [0.3, 0.4) is 0 Å². The first kappa shape index (κ1) is 18.2. The van der Waals surface area contributed by atoms with E-state index in [0.717, 1.165) is 22.8 Å². The number of carbonyl (C=O) groups excluding carboxylic acids is 2. The SMILES string of the molecule is O=C(COC(=O)CSc1nc2ccccc2o1)NCc1ccc2c(c1)OCO2. The van der Waals surface area contributed by atoms with Crippen LogP contribution in [-0.2, 0) is 20.9 Å². The molecule has 28 heavy (non-hydrogen) atoms. The second kappa shape index (κ2) is 8.22. The Hall–Kier alpha value is -3.20. The predicted octanol–water partition coefficient (Wildman–Crippen LogP) is 2.51. The van der Waals surface area contributed by atoms with Crippen LogP contribution in [0, 0.1) is 0 Å². The molecule has 0 saturated carbocycles. The van der Waals surface area contributed by atoms with Crippen molar-refractivity contribution >= 4 is 34.7 Å². The van der Waals surface area contributed by atoms with Gasteiger partial charge in [0.2, 0.25) is 6.79 Å². The van der Waals surface area contributed by atoms with Crippen molar-refractivity contribution in [2.45, 2.75) is 11.8 Å². The van der Waals surface area contributed by atoms with E-state index in [1.807, 2.05) is 24.3 Å². The molecule has 8 nitrogen and oxygen atoms in total. The van der Waals surface area contributed by atoms with Gasteiger partial charge in [-0.25, -0.2) is 4.98 Å². The highest BCUT2D eigenvalue weighted by atomic mass is 32.2. The van der Waals surface area contributed by atoms with Gasteiger partial charge in [0, 0.05) is 6.54 Å². The van der Waals surface area contributed by atoms with Crippen LogP contribution in [-0.4, -0.2) is 36.0 Å². The predicted molar refractivity (Wildman–Crippen MR) is 100 cm³/mol. The monoisotopic (exact) mass is 400 g/mol. The molecule has 0 saturated heterocycles. The van der Waals surface area contributed by atoms with E-state index < -0.39 is 11.9 Å². The van der Waals surface area contributed by atoms with Crippen molar-refractivity contribution in [2.75, 3.05) is 19.2 Å². The average Bonchev–Trinajstić information content (AvgIpc) is 3.34. The van der Waals surface area contributed by atoms with Crippen LogP contribution in [0.5, 0.6) is 11.5 Å². The molecule has 4 rings (SSSR count). The minimum Gasteiger partial charge on any atom is -0.455 e. The standard InChI is InChI=1S/C19H16N2O6S/c22-17(20-8-12-5-6-15-16(7-12)26-11-25-15)9-24-18(23)10-28-19-21-13-3-1-2-4-14(13)27-19/h1-7H,8-11H2,(H,20,22). The lowest BCUT2D eigenvalue weighted by Crippen LogP contribution is -2.28. The molecule has 0 atom stereocenters. The number of hydrogen-bond acceptors (Lipinski definition) is 8. The molecular weight excluding hydrogens is 384 g/mol. The third-order valence-electron chi connectivity index (χ3n) is 3.88. The van der Waals surface area contributed by atoms with Crippen molar-refractivity contribution in [3.05, 3.63) is 48.0 Å². The number of amides is 1. The lowest BCUT2D eigenvalue weighted by atomic mass is 10.2. The summed E-state index contributed by atoms with van der Waals surface area (Å²) in [6, 6.07) is 12.7. The molecule has 1 aliphatic rings. The molecule has 1 aromatic heterocycles. The van der Waals surface area contributed by atoms with Crippen molar-refractivity contribution in [3.63, 3.8) is 0 Å². The summed E-state index contributed by atoms with van der Waals surface area (Å²) in [4.78, 5) is 27.9. The number of para-hydroxylation sites is 2. The second-order valence-corrected chi connectivity index (χ2v) is 6.79. The largest absolute Gasteiger partial charge is 0.455 e. The minimum atomic E-state index is -0.523. The van der Waals surface area contributed by atoms with E-state index in [-0.39, 0.29) is 19.2 Å². The average molecular weight is 400 g/mol. The Morgan fingerprint density at radius 1 is 1.14 bits per heavy atom. The number of thioether (sulfide) groups is 1. The molecule has 3 aromatic rings. The van der Waals surface area contributed by atoms with Crippen molar-refractivity contribution in [1.82, 2.24) is 10.3 Å². The Kier molecular flexibility index (Phi) is 5.34. The Morgan fingerprint density at radius 2 is 2.00 bits per heavy atom. The quantitative estimate of drug-likeness (QED) is 0.477. The normalized spacial score (nSPS) is 12.1. The van der Waals surface area contributed by atoms with Crippen molar-refractivity contribution in [2.24, 2.45) is 0 Å². The number of fused-ring (bicyclic) bond motifs is 2. The van der Waals surface area contributed by atoms with E-state index in [1.165, 1.54) is 0 Å². The van der Waals surface area contributed by atoms with Crippen LogP contribution in [0.15, 0.2) is 52.1 Å². The summed E-state index contributed by atoms with van der Waals surface area (Å²) in [5.41, 5.74) is 2.23. The van der Waals surface area contributed by atoms with Crippen molar-refractivity contribution in [3.8, 4) is 11.5 Å². The third-order valence-corrected chi connectivity index (χ3v) is 4.68. The molecule has 0 spiro atoms. The smallest absolute Gasteiger partial charge is 0.316 e. The van der Waals surface area contributed by atoms with E-state index in [1.54, 1.807) is 18.2 Å². The van der Waals surface area contributed by atoms with Gasteiger partial charge in [-0.1, -0.05) is 30.0 Å². The number of carbonyl (C=O) groups is 2. The van der Waals surface area contributed by atoms with Crippen LogP contribution in [0.25, 0.3) is 11.1 Å². The van der Waals surface area contributed by atoms with Gasteiger partial charge in [-0.05, 0) is 29.8 Å². The number of hydrogen-bond donors (Lipinski definition) is 1. The fourth-order valence-corrected chi connectivity index (χ4v) is 3.16. The molecule has 0 fully saturated rings. The van der Waals surface area contributed by atoms with Crippen molar-refractivity contribution in [1.29, 1.82) is 0 Å². The Labute approximate surface area is 164 Å². The number of nitrogens with one attached hydrogen (secondary N) is 1. The fraction of sp³-hybridized carbons (Fsp3) is 0.211. The Bertz CT molecular complexity index is 986. The molecule has 0 unspecified atom stereocenters. The lowest BCUT2D eigenvalue weighted by Gasteiger charge is -2.07. The molecular formula is C19H16N2O6S. The lowest BCUT2D eigenvalue weighted by molar-refractivity contribution is -0.145. The van der Waals surface area contributed by atoms with Gasteiger partial charge in [0.15, 0.2) is 23.7 Å². The summed E-state index contributed by atoms with van der Waals surface area (Å²) in [5, 5.41) is 3.07. The van der Waals surface area contributed by atoms with Gasteiger partial charge >= 0.3 is 5.97 Å². The van der Waals surface area contributed by atoms with Crippen molar-refractivity contribution < 1.29 is 28.2 Å². The number of rotatable bonds is 7. The summed E-state index contributed by atoms with van der Waals surface area (Å²) in [6.45, 7) is 0.144. The van der Waals surface area contributed by atoms with E-state index in [2.05, 4.69) is 10.3 Å². The van der Waals surface area contributed by atoms with E-state index >= 15 is 0 Å². The van der Waals surface area contributed by atoms with Gasteiger partial charge in [0.25, 0.3) is 11.1 Å². The summed E-state index contributed by atoms with van der Waals surface area (Å²) in [6.07, 6.45) is 0. The van der Waals surface area contributed by atoms with Crippen LogP contribution >= 0.6 is 11.8 Å². The maximum atomic E-state index is 11.9. The summed E-state index contributed by atoms with van der Waals surface area (Å²) < 4.78 is 21.0. The summed E-state index contributed by atoms with van der Waals surface area (Å²) in [5.74, 6) is 0.417. The van der Waals surface area contributed by atoms with E-state index in [0.29, 0.717) is 28.8 Å². The van der Waals surface area contributed by atoms with E-state index in [4.69, 9.17) is 18.6 Å². The number of esters is 1. The van der Waals surface area contributed by atoms with Crippen LogP contribution < -0.4 is 14.8 Å². The molecule has 2 aromatic carbocycles. The highest BCUT2D eigenvalue weighted by molar-refractivity contribution is 7.99. The molecule has 0 bridgehead atoms. The fourth-order valence-electron chi connectivity index (χ4n) is 2.52. The number of benzene rings is 2. The van der Waals surface area contributed by atoms with Gasteiger partial charge in [-0.2, -0.15) is 0 Å². The first-order chi connectivity index (χ1) is 13.7. The van der Waals surface area contributed by atoms with E-state index in [9.17, 15) is 9.59 Å². The number of ether oxygens (including phenoxy) is 3. The van der Waals surface area contributed by atoms with Gasteiger partial charge in [-0.15, -0.1) is 0 Å².